The third-order valence-electron chi connectivity index (χ3n) is 6.71. The van der Waals surface area contributed by atoms with Crippen LogP contribution in [0.5, 0.6) is 0 Å². The van der Waals surface area contributed by atoms with Crippen LogP contribution in [-0.2, 0) is 29.9 Å². The van der Waals surface area contributed by atoms with Gasteiger partial charge in [0.15, 0.2) is 23.0 Å². The molecule has 5 rings (SSSR count). The van der Waals surface area contributed by atoms with Crippen molar-refractivity contribution in [2.45, 2.75) is 94.3 Å². The highest BCUT2D eigenvalue weighted by Gasteiger charge is 2.59. The van der Waals surface area contributed by atoms with Crippen molar-refractivity contribution in [1.29, 1.82) is 0 Å². The van der Waals surface area contributed by atoms with E-state index in [1.165, 1.54) is 18.6 Å². The first-order valence-corrected chi connectivity index (χ1v) is 12.0. The summed E-state index contributed by atoms with van der Waals surface area (Å²) in [5, 5.41) is 6.41. The normalized spacial score (nSPS) is 34.2. The van der Waals surface area contributed by atoms with Gasteiger partial charge in [0.05, 0.1) is 18.2 Å². The van der Waals surface area contributed by atoms with Gasteiger partial charge in [0.25, 0.3) is 0 Å². The minimum absolute atomic E-state index is 0.235. The number of hydrogen-bond acceptors (Lipinski definition) is 6. The number of anilines is 1. The molecule has 5 atom stereocenters. The summed E-state index contributed by atoms with van der Waals surface area (Å²) in [5.41, 5.74) is -0.291. The number of alkyl halides is 3. The Hall–Kier alpha value is -1.50. The number of rotatable bonds is 3. The lowest BCUT2D eigenvalue weighted by molar-refractivity contribution is -0.231. The Morgan fingerprint density at radius 1 is 1.00 bits per heavy atom. The highest BCUT2D eigenvalue weighted by molar-refractivity contribution is 7.80. The second-order valence-corrected chi connectivity index (χ2v) is 10.1. The number of ether oxygens (including phenoxy) is 5. The monoisotopic (exact) mass is 502 g/mol. The van der Waals surface area contributed by atoms with Crippen LogP contribution in [0.3, 0.4) is 0 Å². The Labute approximate surface area is 201 Å². The van der Waals surface area contributed by atoms with E-state index in [2.05, 4.69) is 10.6 Å². The van der Waals surface area contributed by atoms with Crippen LogP contribution < -0.4 is 10.6 Å². The van der Waals surface area contributed by atoms with Crippen LogP contribution in [0.15, 0.2) is 24.3 Å². The van der Waals surface area contributed by atoms with Crippen LogP contribution in [0.4, 0.5) is 18.9 Å². The molecule has 1 aliphatic carbocycles. The van der Waals surface area contributed by atoms with E-state index >= 15 is 0 Å². The number of hydrogen-bond donors (Lipinski definition) is 2. The van der Waals surface area contributed by atoms with Gasteiger partial charge in [-0.1, -0.05) is 6.42 Å². The summed E-state index contributed by atoms with van der Waals surface area (Å²) < 4.78 is 69.3. The summed E-state index contributed by atoms with van der Waals surface area (Å²) in [5.74, 6) is -1.38. The summed E-state index contributed by atoms with van der Waals surface area (Å²) in [6.07, 6.45) is -1.20. The number of halogens is 3. The fourth-order valence-corrected chi connectivity index (χ4v) is 5.42. The minimum Gasteiger partial charge on any atom is -0.354 e. The van der Waals surface area contributed by atoms with Gasteiger partial charge in [-0.15, -0.1) is 0 Å². The van der Waals surface area contributed by atoms with Gasteiger partial charge >= 0.3 is 6.18 Å². The van der Waals surface area contributed by atoms with Gasteiger partial charge in [0.1, 0.15) is 18.3 Å². The molecule has 3 heterocycles. The average Bonchev–Trinajstić information content (AvgIpc) is 3.39. The van der Waals surface area contributed by atoms with Crippen LogP contribution >= 0.6 is 12.2 Å². The molecule has 1 aromatic carbocycles. The van der Waals surface area contributed by atoms with E-state index in [1.807, 2.05) is 13.8 Å². The van der Waals surface area contributed by atoms with Gasteiger partial charge in [-0.2, -0.15) is 13.2 Å². The van der Waals surface area contributed by atoms with Crippen LogP contribution in [0, 0.1) is 0 Å². The predicted octanol–water partition coefficient (Wildman–Crippen LogP) is 4.31. The molecule has 4 fully saturated rings. The first kappa shape index (κ1) is 24.2. The molecule has 2 N–H and O–H groups in total. The third-order valence-corrected chi connectivity index (χ3v) is 6.93. The predicted molar refractivity (Wildman–Crippen MR) is 120 cm³/mol. The van der Waals surface area contributed by atoms with Crippen LogP contribution in [0.2, 0.25) is 0 Å². The molecule has 1 saturated carbocycles. The van der Waals surface area contributed by atoms with Gasteiger partial charge in [-0.25, -0.2) is 0 Å². The molecule has 3 aliphatic heterocycles. The smallest absolute Gasteiger partial charge is 0.354 e. The third kappa shape index (κ3) is 4.91. The number of thiocarbonyl (C=S) groups is 1. The van der Waals surface area contributed by atoms with E-state index in [0.29, 0.717) is 12.3 Å². The number of fused-ring (bicyclic) bond motifs is 1. The summed E-state index contributed by atoms with van der Waals surface area (Å²) >= 11 is 5.47. The molecular weight excluding hydrogens is 473 g/mol. The summed E-state index contributed by atoms with van der Waals surface area (Å²) in [6, 6.07) is 4.27. The minimum atomic E-state index is -4.40. The topological polar surface area (TPSA) is 70.2 Å². The molecule has 0 amide bonds. The Bertz CT molecular complexity index is 907. The highest BCUT2D eigenvalue weighted by Crippen LogP contribution is 2.44. The molecule has 34 heavy (non-hydrogen) atoms. The fraction of sp³-hybridized carbons (Fsp3) is 0.696. The van der Waals surface area contributed by atoms with E-state index in [0.717, 1.165) is 37.8 Å². The zero-order valence-corrected chi connectivity index (χ0v) is 19.8. The first-order chi connectivity index (χ1) is 16.0. The molecule has 1 aromatic rings. The zero-order chi connectivity index (χ0) is 24.1. The van der Waals surface area contributed by atoms with E-state index in [4.69, 9.17) is 35.9 Å². The van der Waals surface area contributed by atoms with Gasteiger partial charge in [-0.05, 0) is 63.2 Å². The lowest BCUT2D eigenvalue weighted by atomic mass is 9.94. The van der Waals surface area contributed by atoms with Crippen molar-refractivity contribution in [3.63, 3.8) is 0 Å². The quantitative estimate of drug-likeness (QED) is 0.593. The van der Waals surface area contributed by atoms with Gasteiger partial charge in [0, 0.05) is 18.5 Å². The van der Waals surface area contributed by atoms with Crippen molar-refractivity contribution < 1.29 is 36.9 Å². The van der Waals surface area contributed by atoms with Crippen molar-refractivity contribution in [2.75, 3.05) is 11.9 Å². The van der Waals surface area contributed by atoms with Crippen LogP contribution in [0.1, 0.15) is 51.5 Å². The number of benzene rings is 1. The molecule has 7 nitrogen and oxygen atoms in total. The second-order valence-electron chi connectivity index (χ2n) is 9.71. The summed E-state index contributed by atoms with van der Waals surface area (Å²) in [6.45, 7) is 4.02. The van der Waals surface area contributed by atoms with E-state index < -0.39 is 47.9 Å². The van der Waals surface area contributed by atoms with Gasteiger partial charge in [0.2, 0.25) is 0 Å². The molecule has 1 spiro atoms. The Morgan fingerprint density at radius 3 is 2.38 bits per heavy atom. The summed E-state index contributed by atoms with van der Waals surface area (Å²) in [7, 11) is 0. The van der Waals surface area contributed by atoms with Crippen molar-refractivity contribution in [2.24, 2.45) is 0 Å². The molecule has 0 unspecified atom stereocenters. The molecular formula is C23H29F3N2O5S. The largest absolute Gasteiger partial charge is 0.416 e. The Balaban J connectivity index is 1.28. The van der Waals surface area contributed by atoms with Crippen LogP contribution in [-0.4, -0.2) is 53.9 Å². The molecule has 4 aliphatic rings. The van der Waals surface area contributed by atoms with Gasteiger partial charge < -0.3 is 34.3 Å². The summed E-state index contributed by atoms with van der Waals surface area (Å²) in [4.78, 5) is 0. The molecule has 11 heteroatoms. The fourth-order valence-electron chi connectivity index (χ4n) is 5.17. The molecule has 188 valence electrons. The standard InChI is InChI=1S/C23H29F3N2O5S/c1-21(2)32-18-16(28-20(34)27-14-8-6-13(7-9-14)23(24,25)26)17(30-19(18)33-21)15-12-29-22(31-15)10-4-3-5-11-22/h6-9,15-19H,3-5,10-12H2,1-2H3,(H2,27,28,34)/t15-,16+,17-,18-,19-/m1/s1. The maximum absolute atomic E-state index is 12.8. The lowest BCUT2D eigenvalue weighted by Gasteiger charge is -2.34. The van der Waals surface area contributed by atoms with Crippen molar-refractivity contribution in [1.82, 2.24) is 5.32 Å². The maximum Gasteiger partial charge on any atom is 0.416 e. The Kier molecular flexibility index (Phi) is 6.31. The highest BCUT2D eigenvalue weighted by atomic mass is 32.1. The maximum atomic E-state index is 12.8. The second kappa shape index (κ2) is 8.86. The zero-order valence-electron chi connectivity index (χ0n) is 19.0. The molecule has 3 saturated heterocycles. The molecule has 0 bridgehead atoms. The van der Waals surface area contributed by atoms with Gasteiger partial charge in [-0.3, -0.25) is 0 Å². The van der Waals surface area contributed by atoms with Crippen LogP contribution in [0.25, 0.3) is 0 Å². The van der Waals surface area contributed by atoms with E-state index in [-0.39, 0.29) is 11.2 Å². The van der Waals surface area contributed by atoms with Crippen molar-refractivity contribution >= 4 is 23.0 Å². The van der Waals surface area contributed by atoms with E-state index in [1.54, 1.807) is 0 Å². The SMILES string of the molecule is CC1(C)O[C@H]2O[C@H]([C@H]3COC4(CCCCC4)O3)[C@H](NC(=S)Nc3ccc(C(F)(F)F)cc3)[C@H]2O1. The van der Waals surface area contributed by atoms with Crippen molar-refractivity contribution in [3.8, 4) is 0 Å². The van der Waals surface area contributed by atoms with E-state index in [9.17, 15) is 13.2 Å². The molecule has 0 radical (unpaired) electrons. The first-order valence-electron chi connectivity index (χ1n) is 11.6. The lowest BCUT2D eigenvalue weighted by Crippen LogP contribution is -2.53. The molecule has 0 aromatic heterocycles. The van der Waals surface area contributed by atoms with Crippen molar-refractivity contribution in [3.05, 3.63) is 29.8 Å². The Morgan fingerprint density at radius 2 is 1.71 bits per heavy atom. The number of nitrogens with one attached hydrogen (secondary N) is 2. The average molecular weight is 503 g/mol.